The van der Waals surface area contributed by atoms with Crippen LogP contribution in [-0.4, -0.2) is 45.1 Å². The van der Waals surface area contributed by atoms with Crippen LogP contribution in [0, 0.1) is 6.92 Å². The van der Waals surface area contributed by atoms with Crippen LogP contribution < -0.4 is 4.31 Å². The number of sulfonamides is 1. The number of carbonyl (C=O) groups excluding carboxylic acids is 2. The Hall–Kier alpha value is -2.94. The first-order chi connectivity index (χ1) is 14.3. The van der Waals surface area contributed by atoms with Gasteiger partial charge in [0.1, 0.15) is 5.56 Å². The monoisotopic (exact) mass is 434 g/mol. The van der Waals surface area contributed by atoms with Gasteiger partial charge in [0.15, 0.2) is 5.82 Å². The second-order valence-electron chi connectivity index (χ2n) is 6.39. The molecule has 2 aromatic rings. The molecular weight excluding hydrogens is 408 g/mol. The quantitative estimate of drug-likeness (QED) is 0.529. The summed E-state index contributed by atoms with van der Waals surface area (Å²) in [6.07, 6.45) is 1.64. The third-order valence-electron chi connectivity index (χ3n) is 4.17. The lowest BCUT2D eigenvalue weighted by Crippen LogP contribution is -2.34. The molecule has 0 atom stereocenters. The molecular formula is C21H26N2O6S. The van der Waals surface area contributed by atoms with Crippen molar-refractivity contribution in [1.29, 1.82) is 0 Å². The summed E-state index contributed by atoms with van der Waals surface area (Å²) in [5.74, 6) is -1.13. The van der Waals surface area contributed by atoms with Crippen LogP contribution in [0.3, 0.4) is 0 Å². The highest BCUT2D eigenvalue weighted by molar-refractivity contribution is 7.92. The minimum absolute atomic E-state index is 0.0335. The van der Waals surface area contributed by atoms with Crippen LogP contribution in [0.2, 0.25) is 0 Å². The predicted octanol–water partition coefficient (Wildman–Crippen LogP) is 3.11. The highest BCUT2D eigenvalue weighted by atomic mass is 32.2. The number of hydrogen-bond acceptors (Lipinski definition) is 7. The van der Waals surface area contributed by atoms with Crippen molar-refractivity contribution < 1.29 is 27.5 Å². The van der Waals surface area contributed by atoms with E-state index in [9.17, 15) is 18.0 Å². The molecule has 0 spiro atoms. The number of aryl methyl sites for hydroxylation is 1. The van der Waals surface area contributed by atoms with Crippen LogP contribution in [0.5, 0.6) is 0 Å². The Kier molecular flexibility index (Phi) is 8.35. The molecule has 0 fully saturated rings. The van der Waals surface area contributed by atoms with Crippen molar-refractivity contribution in [2.24, 2.45) is 0 Å². The standard InChI is InChI=1S/C21H26N2O6S/c1-4-28-19(24)9-7-15-23(30(26,27)17-12-10-16(3)11-13-17)20-18(8-6-14-22-20)21(25)29-5-2/h6,8,10-14H,4-5,7,9,15H2,1-3H3. The van der Waals surface area contributed by atoms with Gasteiger partial charge in [-0.1, -0.05) is 17.7 Å². The van der Waals surface area contributed by atoms with E-state index in [0.717, 1.165) is 9.87 Å². The Morgan fingerprint density at radius 2 is 1.70 bits per heavy atom. The van der Waals surface area contributed by atoms with Gasteiger partial charge in [-0.15, -0.1) is 0 Å². The lowest BCUT2D eigenvalue weighted by molar-refractivity contribution is -0.143. The molecule has 1 heterocycles. The van der Waals surface area contributed by atoms with Gasteiger partial charge < -0.3 is 9.47 Å². The zero-order valence-corrected chi connectivity index (χ0v) is 18.1. The van der Waals surface area contributed by atoms with Gasteiger partial charge in [0.05, 0.1) is 18.1 Å². The van der Waals surface area contributed by atoms with Crippen LogP contribution in [0.4, 0.5) is 5.82 Å². The molecule has 0 aliphatic rings. The van der Waals surface area contributed by atoms with Crippen LogP contribution in [-0.2, 0) is 24.3 Å². The van der Waals surface area contributed by atoms with E-state index >= 15 is 0 Å². The van der Waals surface area contributed by atoms with Gasteiger partial charge in [0, 0.05) is 19.2 Å². The highest BCUT2D eigenvalue weighted by Crippen LogP contribution is 2.26. The van der Waals surface area contributed by atoms with Crippen molar-refractivity contribution in [2.45, 2.75) is 38.5 Å². The van der Waals surface area contributed by atoms with E-state index in [1.54, 1.807) is 26.0 Å². The SMILES string of the molecule is CCOC(=O)CCCN(c1ncccc1C(=O)OCC)S(=O)(=O)c1ccc(C)cc1. The van der Waals surface area contributed by atoms with Crippen molar-refractivity contribution in [3.8, 4) is 0 Å². The summed E-state index contributed by atoms with van der Waals surface area (Å²) in [6, 6.07) is 9.36. The van der Waals surface area contributed by atoms with Gasteiger partial charge in [-0.2, -0.15) is 0 Å². The van der Waals surface area contributed by atoms with Gasteiger partial charge in [-0.05, 0) is 51.5 Å². The Balaban J connectivity index is 2.45. The van der Waals surface area contributed by atoms with E-state index in [1.165, 1.54) is 30.5 Å². The van der Waals surface area contributed by atoms with Gasteiger partial charge in [-0.25, -0.2) is 22.5 Å². The summed E-state index contributed by atoms with van der Waals surface area (Å²) in [6.45, 7) is 5.54. The van der Waals surface area contributed by atoms with E-state index in [1.807, 2.05) is 6.92 Å². The predicted molar refractivity (Wildman–Crippen MR) is 112 cm³/mol. The van der Waals surface area contributed by atoms with E-state index < -0.39 is 22.0 Å². The normalized spacial score (nSPS) is 11.0. The molecule has 0 amide bonds. The number of ether oxygens (including phenoxy) is 2. The number of carbonyl (C=O) groups is 2. The number of hydrogen-bond donors (Lipinski definition) is 0. The lowest BCUT2D eigenvalue weighted by atomic mass is 10.2. The first-order valence-electron chi connectivity index (χ1n) is 9.68. The van der Waals surface area contributed by atoms with Crippen LogP contribution in [0.25, 0.3) is 0 Å². The third kappa shape index (κ3) is 5.79. The van der Waals surface area contributed by atoms with Gasteiger partial charge in [0.2, 0.25) is 0 Å². The Morgan fingerprint density at radius 3 is 2.33 bits per heavy atom. The molecule has 0 bridgehead atoms. The number of rotatable bonds is 10. The summed E-state index contributed by atoms with van der Waals surface area (Å²) in [7, 11) is -4.04. The molecule has 30 heavy (non-hydrogen) atoms. The van der Waals surface area contributed by atoms with Crippen molar-refractivity contribution in [2.75, 3.05) is 24.1 Å². The average molecular weight is 435 g/mol. The van der Waals surface area contributed by atoms with E-state index in [0.29, 0.717) is 0 Å². The summed E-state index contributed by atoms with van der Waals surface area (Å²) in [5.41, 5.74) is 0.944. The Bertz CT molecular complexity index is 973. The number of nitrogens with zero attached hydrogens (tertiary/aromatic N) is 2. The van der Waals surface area contributed by atoms with Crippen LogP contribution in [0.15, 0.2) is 47.5 Å². The van der Waals surface area contributed by atoms with Crippen LogP contribution >= 0.6 is 0 Å². The molecule has 1 aromatic heterocycles. The molecule has 0 saturated heterocycles. The number of aromatic nitrogens is 1. The number of pyridine rings is 1. The van der Waals surface area contributed by atoms with Gasteiger partial charge >= 0.3 is 11.9 Å². The van der Waals surface area contributed by atoms with Crippen molar-refractivity contribution >= 4 is 27.8 Å². The zero-order valence-electron chi connectivity index (χ0n) is 17.3. The fraction of sp³-hybridized carbons (Fsp3) is 0.381. The molecule has 0 N–H and O–H groups in total. The molecule has 9 heteroatoms. The smallest absolute Gasteiger partial charge is 0.341 e. The first-order valence-corrected chi connectivity index (χ1v) is 11.1. The summed E-state index contributed by atoms with van der Waals surface area (Å²) < 4.78 is 37.8. The molecule has 0 aliphatic carbocycles. The van der Waals surface area contributed by atoms with Gasteiger partial charge in [0.25, 0.3) is 10.0 Å². The second-order valence-corrected chi connectivity index (χ2v) is 8.26. The lowest BCUT2D eigenvalue weighted by Gasteiger charge is -2.25. The molecule has 0 aliphatic heterocycles. The third-order valence-corrected chi connectivity index (χ3v) is 5.98. The van der Waals surface area contributed by atoms with Gasteiger partial charge in [-0.3, -0.25) is 4.79 Å². The number of benzene rings is 1. The fourth-order valence-corrected chi connectivity index (χ4v) is 4.22. The van der Waals surface area contributed by atoms with E-state index in [4.69, 9.17) is 9.47 Å². The summed E-state index contributed by atoms with van der Waals surface area (Å²) >= 11 is 0. The van der Waals surface area contributed by atoms with Crippen molar-refractivity contribution in [3.05, 3.63) is 53.7 Å². The van der Waals surface area contributed by atoms with Crippen molar-refractivity contribution in [3.63, 3.8) is 0 Å². The molecule has 2 rings (SSSR count). The fourth-order valence-electron chi connectivity index (χ4n) is 2.74. The maximum absolute atomic E-state index is 13.4. The second kappa shape index (κ2) is 10.7. The summed E-state index contributed by atoms with van der Waals surface area (Å²) in [4.78, 5) is 28.3. The zero-order chi connectivity index (χ0) is 22.1. The minimum atomic E-state index is -4.04. The van der Waals surface area contributed by atoms with E-state index in [2.05, 4.69) is 4.98 Å². The van der Waals surface area contributed by atoms with Crippen LogP contribution in [0.1, 0.15) is 42.6 Å². The molecule has 1 aromatic carbocycles. The minimum Gasteiger partial charge on any atom is -0.466 e. The average Bonchev–Trinajstić information content (AvgIpc) is 2.72. The highest BCUT2D eigenvalue weighted by Gasteiger charge is 2.30. The Labute approximate surface area is 176 Å². The molecule has 0 radical (unpaired) electrons. The largest absolute Gasteiger partial charge is 0.466 e. The molecule has 8 nitrogen and oxygen atoms in total. The topological polar surface area (TPSA) is 103 Å². The molecule has 0 unspecified atom stereocenters. The summed E-state index contributed by atoms with van der Waals surface area (Å²) in [5, 5.41) is 0. The first kappa shape index (κ1) is 23.3. The van der Waals surface area contributed by atoms with E-state index in [-0.39, 0.29) is 48.9 Å². The Morgan fingerprint density at radius 1 is 1.03 bits per heavy atom. The number of anilines is 1. The maximum atomic E-state index is 13.4. The van der Waals surface area contributed by atoms with Crippen molar-refractivity contribution in [1.82, 2.24) is 4.98 Å². The molecule has 162 valence electrons. The maximum Gasteiger partial charge on any atom is 0.341 e. The molecule has 0 saturated carbocycles. The number of esters is 2.